The van der Waals surface area contributed by atoms with E-state index in [4.69, 9.17) is 11.6 Å². The van der Waals surface area contributed by atoms with Gasteiger partial charge in [0, 0.05) is 11.8 Å². The van der Waals surface area contributed by atoms with Crippen LogP contribution in [0.4, 0.5) is 68.5 Å². The fraction of sp³-hybridized carbons (Fsp3) is 0.208. The fourth-order valence-electron chi connectivity index (χ4n) is 3.58. The first kappa shape index (κ1) is 35.1. The van der Waals surface area contributed by atoms with Gasteiger partial charge in [0.25, 0.3) is 11.8 Å². The minimum atomic E-state index is -7.27. The van der Waals surface area contributed by atoms with Crippen LogP contribution in [-0.2, 0) is 11.8 Å². The largest absolute Gasteiger partial charge is 0.457 e. The first-order valence-electron chi connectivity index (χ1n) is 11.1. The Bertz CT molecular complexity index is 1580. The Labute approximate surface area is 255 Å². The molecular formula is C24H10ClF13IN3O2. The van der Waals surface area contributed by atoms with Crippen molar-refractivity contribution in [2.45, 2.75) is 30.1 Å². The maximum Gasteiger partial charge on any atom is 0.457 e. The summed E-state index contributed by atoms with van der Waals surface area (Å²) in [5, 5.41) is 2.06. The number of carbonyl (C=O) groups is 2. The molecule has 0 radical (unpaired) electrons. The van der Waals surface area contributed by atoms with E-state index >= 15 is 4.39 Å². The predicted molar refractivity (Wildman–Crippen MR) is 136 cm³/mol. The van der Waals surface area contributed by atoms with Gasteiger partial charge in [0.1, 0.15) is 5.15 Å². The maximum atomic E-state index is 15.2. The third kappa shape index (κ3) is 6.38. The number of hydrogen-bond acceptors (Lipinski definition) is 3. The van der Waals surface area contributed by atoms with Crippen molar-refractivity contribution in [3.05, 3.63) is 88.0 Å². The van der Waals surface area contributed by atoms with Crippen LogP contribution in [0.1, 0.15) is 31.8 Å². The van der Waals surface area contributed by atoms with Crippen LogP contribution in [0.15, 0.2) is 54.7 Å². The summed E-state index contributed by atoms with van der Waals surface area (Å²) in [5.74, 6) is -11.4. The van der Waals surface area contributed by atoms with Crippen molar-refractivity contribution in [2.75, 3.05) is 8.43 Å². The van der Waals surface area contributed by atoms with Gasteiger partial charge in [0.15, 0.2) is 5.82 Å². The molecule has 1 heterocycles. The number of nitrogens with zero attached hydrogens (tertiary/aromatic N) is 2. The third-order valence-electron chi connectivity index (χ3n) is 5.74. The number of benzene rings is 2. The highest BCUT2D eigenvalue weighted by atomic mass is 127. The Morgan fingerprint density at radius 3 is 1.95 bits per heavy atom. The van der Waals surface area contributed by atoms with Crippen LogP contribution in [0.2, 0.25) is 5.15 Å². The second kappa shape index (κ2) is 11.9. The minimum absolute atomic E-state index is 0.00149. The molecule has 3 rings (SSSR count). The topological polar surface area (TPSA) is 62.3 Å². The monoisotopic (exact) mass is 781 g/mol. The highest BCUT2D eigenvalue weighted by molar-refractivity contribution is 14.1. The fourth-order valence-corrected chi connectivity index (χ4v) is 4.37. The van der Waals surface area contributed by atoms with Crippen molar-refractivity contribution in [2.24, 2.45) is 0 Å². The van der Waals surface area contributed by atoms with E-state index in [-0.39, 0.29) is 19.9 Å². The van der Waals surface area contributed by atoms with Gasteiger partial charge >= 0.3 is 30.1 Å². The van der Waals surface area contributed by atoms with Crippen molar-refractivity contribution in [1.82, 2.24) is 4.98 Å². The third-order valence-corrected chi connectivity index (χ3v) is 6.92. The zero-order valence-electron chi connectivity index (χ0n) is 20.6. The van der Waals surface area contributed by atoms with Gasteiger partial charge in [-0.1, -0.05) is 23.7 Å². The molecule has 0 bridgehead atoms. The van der Waals surface area contributed by atoms with E-state index in [1.807, 2.05) is 0 Å². The Morgan fingerprint density at radius 1 is 0.841 bits per heavy atom. The van der Waals surface area contributed by atoms with E-state index in [0.29, 0.717) is 6.07 Å². The van der Waals surface area contributed by atoms with E-state index in [1.54, 1.807) is 0 Å². The van der Waals surface area contributed by atoms with Gasteiger partial charge in [-0.05, 0) is 36.4 Å². The summed E-state index contributed by atoms with van der Waals surface area (Å²) in [6.07, 6.45) is -19.2. The van der Waals surface area contributed by atoms with E-state index in [2.05, 4.69) is 10.3 Å². The molecule has 1 atom stereocenters. The Balaban J connectivity index is 2.09. The molecule has 1 unspecified atom stereocenters. The molecule has 1 N–H and O–H groups in total. The summed E-state index contributed by atoms with van der Waals surface area (Å²) >= 11 is 6.41. The molecule has 2 aromatic carbocycles. The van der Waals surface area contributed by atoms with Crippen LogP contribution in [0.5, 0.6) is 0 Å². The van der Waals surface area contributed by atoms with Crippen LogP contribution in [0, 0.1) is 5.82 Å². The van der Waals surface area contributed by atoms with Gasteiger partial charge in [0.2, 0.25) is 0 Å². The standard InChI is InChI=1S/C24H10ClF13IN3O2/c25-16-7-4-10(9-40-16)18(43)41-14-3-1-2-12(17(14)26)19(44)42(39)15-6-5-11(8-13(15)21(28,29)30)20(27,23(33,34)35)22(31,32)24(36,37)38/h1-9H,(H,41,43). The highest BCUT2D eigenvalue weighted by Crippen LogP contribution is 2.59. The molecule has 2 amide bonds. The van der Waals surface area contributed by atoms with E-state index in [1.165, 1.54) is 12.1 Å². The Kier molecular flexibility index (Phi) is 9.47. The molecule has 0 aliphatic rings. The molecule has 0 spiro atoms. The quantitative estimate of drug-likeness (QED) is 0.118. The first-order chi connectivity index (χ1) is 19.9. The molecule has 5 nitrogen and oxygen atoms in total. The molecule has 1 aromatic heterocycles. The number of halogens is 15. The lowest BCUT2D eigenvalue weighted by Gasteiger charge is -2.36. The van der Waals surface area contributed by atoms with Crippen LogP contribution >= 0.6 is 34.5 Å². The summed E-state index contributed by atoms with van der Waals surface area (Å²) in [4.78, 5) is 29.0. The minimum Gasteiger partial charge on any atom is -0.319 e. The van der Waals surface area contributed by atoms with Crippen LogP contribution in [-0.4, -0.2) is 35.1 Å². The van der Waals surface area contributed by atoms with Crippen LogP contribution in [0.3, 0.4) is 0 Å². The summed E-state index contributed by atoms with van der Waals surface area (Å²) < 4.78 is 178. The lowest BCUT2D eigenvalue weighted by Crippen LogP contribution is -2.59. The Hall–Kier alpha value is -3.36. The molecule has 0 aliphatic heterocycles. The van der Waals surface area contributed by atoms with Crippen molar-refractivity contribution in [3.8, 4) is 0 Å². The van der Waals surface area contributed by atoms with Gasteiger partial charge < -0.3 is 5.32 Å². The highest BCUT2D eigenvalue weighted by Gasteiger charge is 2.81. The van der Waals surface area contributed by atoms with E-state index in [0.717, 1.165) is 41.2 Å². The molecule has 3 aromatic rings. The zero-order valence-corrected chi connectivity index (χ0v) is 23.5. The second-order valence-electron chi connectivity index (χ2n) is 8.53. The second-order valence-corrected chi connectivity index (χ2v) is 9.89. The van der Waals surface area contributed by atoms with E-state index < -0.39 is 87.9 Å². The summed E-state index contributed by atoms with van der Waals surface area (Å²) in [5.41, 5.74) is -15.3. The van der Waals surface area contributed by atoms with Gasteiger partial charge in [0.05, 0.1) is 50.9 Å². The van der Waals surface area contributed by atoms with Gasteiger partial charge in [-0.15, -0.1) is 0 Å². The van der Waals surface area contributed by atoms with Gasteiger partial charge in [-0.25, -0.2) is 16.9 Å². The molecule has 0 aliphatic carbocycles. The number of amides is 2. The van der Waals surface area contributed by atoms with Gasteiger partial charge in [-0.2, -0.15) is 48.3 Å². The molecule has 0 saturated heterocycles. The molecule has 20 heteroatoms. The normalized spacial score (nSPS) is 14.2. The molecular weight excluding hydrogens is 772 g/mol. The SMILES string of the molecule is O=C(Nc1cccc(C(=O)N(I)c2ccc(C(F)(C(F)(F)F)C(F)(F)C(F)(F)F)cc2C(F)(F)F)c1F)c1ccc(Cl)nc1. The number of carbonyl (C=O) groups excluding carboxylic acids is 2. The smallest absolute Gasteiger partial charge is 0.319 e. The lowest BCUT2D eigenvalue weighted by atomic mass is 9.86. The Morgan fingerprint density at radius 2 is 1.45 bits per heavy atom. The predicted octanol–water partition coefficient (Wildman–Crippen LogP) is 9.07. The zero-order chi connectivity index (χ0) is 33.6. The first-order valence-corrected chi connectivity index (χ1v) is 12.4. The van der Waals surface area contributed by atoms with Crippen molar-refractivity contribution in [1.29, 1.82) is 0 Å². The van der Waals surface area contributed by atoms with E-state index in [9.17, 15) is 62.3 Å². The summed E-state index contributed by atoms with van der Waals surface area (Å²) in [6, 6.07) is 3.40. The number of rotatable bonds is 6. The summed E-state index contributed by atoms with van der Waals surface area (Å²) in [7, 11) is 0. The molecule has 238 valence electrons. The number of pyridine rings is 1. The van der Waals surface area contributed by atoms with Crippen molar-refractivity contribution in [3.63, 3.8) is 0 Å². The van der Waals surface area contributed by atoms with Crippen molar-refractivity contribution >= 4 is 57.7 Å². The number of anilines is 2. The average Bonchev–Trinajstić information content (AvgIpc) is 2.91. The van der Waals surface area contributed by atoms with Crippen LogP contribution in [0.25, 0.3) is 0 Å². The van der Waals surface area contributed by atoms with Crippen molar-refractivity contribution < 1.29 is 66.7 Å². The van der Waals surface area contributed by atoms with Crippen LogP contribution < -0.4 is 8.43 Å². The lowest BCUT2D eigenvalue weighted by molar-refractivity contribution is -0.389. The number of aromatic nitrogens is 1. The number of nitrogens with one attached hydrogen (secondary N) is 1. The number of hydrogen-bond donors (Lipinski definition) is 1. The molecule has 0 fully saturated rings. The average molecular weight is 782 g/mol. The summed E-state index contributed by atoms with van der Waals surface area (Å²) in [6.45, 7) is 0. The molecule has 44 heavy (non-hydrogen) atoms. The van der Waals surface area contributed by atoms with Gasteiger partial charge in [-0.3, -0.25) is 9.59 Å². The number of alkyl halides is 12. The maximum absolute atomic E-state index is 15.2. The molecule has 0 saturated carbocycles.